The van der Waals surface area contributed by atoms with Gasteiger partial charge in [-0.1, -0.05) is 11.6 Å². The van der Waals surface area contributed by atoms with Gasteiger partial charge in [-0.2, -0.15) is 0 Å². The van der Waals surface area contributed by atoms with Crippen molar-refractivity contribution >= 4 is 45.1 Å². The topological polar surface area (TPSA) is 69.2 Å². The zero-order valence-electron chi connectivity index (χ0n) is 7.87. The Balaban J connectivity index is 2.70. The first-order valence-electron chi connectivity index (χ1n) is 4.14. The van der Waals surface area contributed by atoms with E-state index in [-0.39, 0.29) is 0 Å². The highest BCUT2D eigenvalue weighted by molar-refractivity contribution is 9.10. The van der Waals surface area contributed by atoms with Crippen molar-refractivity contribution in [3.63, 3.8) is 0 Å². The van der Waals surface area contributed by atoms with E-state index in [1.54, 1.807) is 12.1 Å². The fourth-order valence-electron chi connectivity index (χ4n) is 0.902. The first-order valence-corrected chi connectivity index (χ1v) is 5.31. The van der Waals surface area contributed by atoms with Crippen molar-refractivity contribution in [1.82, 2.24) is 0 Å². The van der Waals surface area contributed by atoms with Crippen molar-refractivity contribution in [1.29, 1.82) is 0 Å². The molecule has 0 saturated carbocycles. The highest BCUT2D eigenvalue weighted by atomic mass is 79.9. The zero-order valence-corrected chi connectivity index (χ0v) is 10.2. The molecular formula is C10H6BrClNO3-. The smallest absolute Gasteiger partial charge is 0.248 e. The Labute approximate surface area is 105 Å². The molecule has 0 aromatic heterocycles. The molecule has 4 nitrogen and oxygen atoms in total. The summed E-state index contributed by atoms with van der Waals surface area (Å²) in [7, 11) is 0. The number of amides is 1. The van der Waals surface area contributed by atoms with E-state index < -0.39 is 11.9 Å². The molecule has 16 heavy (non-hydrogen) atoms. The van der Waals surface area contributed by atoms with Crippen LogP contribution in [0.15, 0.2) is 34.8 Å². The van der Waals surface area contributed by atoms with E-state index in [0.717, 1.165) is 6.08 Å². The number of rotatable bonds is 3. The van der Waals surface area contributed by atoms with Crippen molar-refractivity contribution in [3.8, 4) is 0 Å². The minimum Gasteiger partial charge on any atom is -0.545 e. The van der Waals surface area contributed by atoms with Crippen molar-refractivity contribution in [3.05, 3.63) is 39.8 Å². The standard InChI is InChI=1S/C10H7BrClNO3/c11-7-2-1-6(5-8(7)12)13-9(14)3-4-10(15)16/h1-5H,(H,13,14)(H,15,16)/p-1/b4-3-. The summed E-state index contributed by atoms with van der Waals surface area (Å²) in [4.78, 5) is 21.2. The van der Waals surface area contributed by atoms with Crippen LogP contribution < -0.4 is 10.4 Å². The minimum absolute atomic E-state index is 0.446. The maximum Gasteiger partial charge on any atom is 0.248 e. The molecule has 6 heteroatoms. The quantitative estimate of drug-likeness (QED) is 0.857. The number of carbonyl (C=O) groups excluding carboxylic acids is 2. The summed E-state index contributed by atoms with van der Waals surface area (Å²) >= 11 is 9.01. The fraction of sp³-hybridized carbons (Fsp3) is 0. The van der Waals surface area contributed by atoms with E-state index in [9.17, 15) is 14.7 Å². The molecule has 0 atom stereocenters. The van der Waals surface area contributed by atoms with E-state index in [1.165, 1.54) is 6.07 Å². The number of halogens is 2. The number of aliphatic carboxylic acids is 1. The maximum atomic E-state index is 11.2. The third-order valence-corrected chi connectivity index (χ3v) is 2.79. The number of carboxylic acids is 1. The summed E-state index contributed by atoms with van der Waals surface area (Å²) < 4.78 is 0.706. The molecular weight excluding hydrogens is 297 g/mol. The Morgan fingerprint density at radius 3 is 2.62 bits per heavy atom. The van der Waals surface area contributed by atoms with Crippen LogP contribution in [-0.4, -0.2) is 11.9 Å². The molecule has 1 amide bonds. The Morgan fingerprint density at radius 2 is 2.06 bits per heavy atom. The molecule has 1 N–H and O–H groups in total. The van der Waals surface area contributed by atoms with Crippen LogP contribution in [0.3, 0.4) is 0 Å². The van der Waals surface area contributed by atoms with Gasteiger partial charge in [-0.15, -0.1) is 0 Å². The highest BCUT2D eigenvalue weighted by Gasteiger charge is 2.01. The van der Waals surface area contributed by atoms with Gasteiger partial charge in [-0.3, -0.25) is 4.79 Å². The van der Waals surface area contributed by atoms with E-state index >= 15 is 0 Å². The Bertz CT molecular complexity index is 459. The second kappa shape index (κ2) is 5.67. The van der Waals surface area contributed by atoms with Gasteiger partial charge in [-0.25, -0.2) is 0 Å². The molecule has 0 aliphatic rings. The average molecular weight is 304 g/mol. The van der Waals surface area contributed by atoms with Crippen molar-refractivity contribution < 1.29 is 14.7 Å². The van der Waals surface area contributed by atoms with Gasteiger partial charge in [0.1, 0.15) is 0 Å². The first kappa shape index (κ1) is 12.7. The number of carbonyl (C=O) groups is 2. The van der Waals surface area contributed by atoms with Gasteiger partial charge < -0.3 is 15.2 Å². The number of nitrogens with one attached hydrogen (secondary N) is 1. The lowest BCUT2D eigenvalue weighted by Gasteiger charge is -2.03. The number of hydrogen-bond acceptors (Lipinski definition) is 3. The van der Waals surface area contributed by atoms with Gasteiger partial charge in [0.05, 0.1) is 11.0 Å². The van der Waals surface area contributed by atoms with Gasteiger partial charge in [0.25, 0.3) is 0 Å². The lowest BCUT2D eigenvalue weighted by Crippen LogP contribution is -2.20. The predicted molar refractivity (Wildman–Crippen MR) is 61.9 cm³/mol. The third-order valence-electron chi connectivity index (χ3n) is 1.56. The SMILES string of the molecule is O=C([O-])/C=C\C(=O)Nc1ccc(Br)c(Cl)c1. The van der Waals surface area contributed by atoms with Gasteiger partial charge in [0.15, 0.2) is 0 Å². The normalized spacial score (nSPS) is 10.4. The Kier molecular flexibility index (Phi) is 4.52. The zero-order chi connectivity index (χ0) is 12.1. The van der Waals surface area contributed by atoms with Crippen LogP contribution in [0.4, 0.5) is 5.69 Å². The molecule has 0 unspecified atom stereocenters. The molecule has 0 radical (unpaired) electrons. The maximum absolute atomic E-state index is 11.2. The van der Waals surface area contributed by atoms with Gasteiger partial charge in [0.2, 0.25) is 5.91 Å². The van der Waals surface area contributed by atoms with E-state index in [0.29, 0.717) is 21.3 Å². The highest BCUT2D eigenvalue weighted by Crippen LogP contribution is 2.25. The second-order valence-corrected chi connectivity index (χ2v) is 4.03. The van der Waals surface area contributed by atoms with Gasteiger partial charge in [-0.05, 0) is 40.2 Å². The largest absolute Gasteiger partial charge is 0.545 e. The summed E-state index contributed by atoms with van der Waals surface area (Å²) in [6, 6.07) is 4.83. The average Bonchev–Trinajstić information content (AvgIpc) is 2.21. The van der Waals surface area contributed by atoms with Gasteiger partial charge >= 0.3 is 0 Å². The lowest BCUT2D eigenvalue weighted by molar-refractivity contribution is -0.297. The molecule has 0 aliphatic heterocycles. The first-order chi connectivity index (χ1) is 7.49. The summed E-state index contributed by atoms with van der Waals surface area (Å²) in [6.07, 6.45) is 1.51. The predicted octanol–water partition coefficient (Wildman–Crippen LogP) is 1.35. The molecule has 0 bridgehead atoms. The molecule has 0 fully saturated rings. The van der Waals surface area contributed by atoms with Crippen molar-refractivity contribution in [2.75, 3.05) is 5.32 Å². The number of hydrogen-bond donors (Lipinski definition) is 1. The van der Waals surface area contributed by atoms with Crippen LogP contribution in [0.5, 0.6) is 0 Å². The van der Waals surface area contributed by atoms with Crippen LogP contribution in [0.1, 0.15) is 0 Å². The number of carboxylic acid groups (broad SMARTS) is 1. The van der Waals surface area contributed by atoms with Crippen LogP contribution in [0.25, 0.3) is 0 Å². The van der Waals surface area contributed by atoms with E-state index in [4.69, 9.17) is 11.6 Å². The summed E-state index contributed by atoms with van der Waals surface area (Å²) in [5.74, 6) is -1.99. The molecule has 84 valence electrons. The summed E-state index contributed by atoms with van der Waals surface area (Å²) in [5, 5.41) is 12.9. The summed E-state index contributed by atoms with van der Waals surface area (Å²) in [6.45, 7) is 0. The van der Waals surface area contributed by atoms with Crippen molar-refractivity contribution in [2.24, 2.45) is 0 Å². The van der Waals surface area contributed by atoms with Gasteiger partial charge in [0, 0.05) is 16.2 Å². The minimum atomic E-state index is -1.43. The number of benzene rings is 1. The Hall–Kier alpha value is -1.33. The van der Waals surface area contributed by atoms with Crippen LogP contribution >= 0.6 is 27.5 Å². The fourth-order valence-corrected chi connectivity index (χ4v) is 1.33. The molecule has 0 saturated heterocycles. The van der Waals surface area contributed by atoms with Crippen molar-refractivity contribution in [2.45, 2.75) is 0 Å². The van der Waals surface area contributed by atoms with E-state index in [1.807, 2.05) is 0 Å². The summed E-state index contributed by atoms with van der Waals surface area (Å²) in [5.41, 5.74) is 0.473. The van der Waals surface area contributed by atoms with E-state index in [2.05, 4.69) is 21.2 Å². The molecule has 0 spiro atoms. The van der Waals surface area contributed by atoms with Crippen LogP contribution in [-0.2, 0) is 9.59 Å². The second-order valence-electron chi connectivity index (χ2n) is 2.77. The van der Waals surface area contributed by atoms with Crippen LogP contribution in [0, 0.1) is 0 Å². The molecule has 1 rings (SSSR count). The Morgan fingerprint density at radius 1 is 1.38 bits per heavy atom. The molecule has 1 aromatic carbocycles. The third kappa shape index (κ3) is 4.04. The van der Waals surface area contributed by atoms with Crippen LogP contribution in [0.2, 0.25) is 5.02 Å². The monoisotopic (exact) mass is 302 g/mol. The number of anilines is 1. The molecule has 0 aliphatic carbocycles. The molecule has 0 heterocycles. The lowest BCUT2D eigenvalue weighted by atomic mass is 10.3. The molecule has 1 aromatic rings.